The van der Waals surface area contributed by atoms with Gasteiger partial charge in [-0.25, -0.2) is 4.52 Å². The van der Waals surface area contributed by atoms with Gasteiger partial charge in [0.1, 0.15) is 0 Å². The van der Waals surface area contributed by atoms with Gasteiger partial charge >= 0.3 is 0 Å². The number of nitrogens with zero attached hydrogens (tertiary/aromatic N) is 3. The summed E-state index contributed by atoms with van der Waals surface area (Å²) in [4.78, 5) is 2.67. The minimum Gasteiger partial charge on any atom is -0.300 e. The second kappa shape index (κ2) is 5.33. The third kappa shape index (κ3) is 2.27. The van der Waals surface area contributed by atoms with Gasteiger partial charge in [0.15, 0.2) is 0 Å². The third-order valence-corrected chi connectivity index (χ3v) is 4.15. The van der Waals surface area contributed by atoms with Crippen LogP contribution >= 0.6 is 0 Å². The Labute approximate surface area is 115 Å². The highest BCUT2D eigenvalue weighted by Gasteiger charge is 2.25. The van der Waals surface area contributed by atoms with Crippen molar-refractivity contribution in [1.82, 2.24) is 14.5 Å². The maximum atomic E-state index is 4.47. The van der Waals surface area contributed by atoms with Crippen LogP contribution in [-0.4, -0.2) is 33.6 Å². The van der Waals surface area contributed by atoms with Crippen LogP contribution in [-0.2, 0) is 12.8 Å². The number of pyridine rings is 1. The van der Waals surface area contributed by atoms with E-state index in [1.54, 1.807) is 0 Å². The number of hydrogen-bond donors (Lipinski definition) is 0. The summed E-state index contributed by atoms with van der Waals surface area (Å²) < 4.78 is 2.03. The van der Waals surface area contributed by atoms with Crippen LogP contribution in [0.1, 0.15) is 37.8 Å². The van der Waals surface area contributed by atoms with Gasteiger partial charge in [-0.1, -0.05) is 19.9 Å². The molecule has 3 nitrogen and oxygen atoms in total. The van der Waals surface area contributed by atoms with Crippen LogP contribution in [0.5, 0.6) is 0 Å². The van der Waals surface area contributed by atoms with Crippen LogP contribution < -0.4 is 0 Å². The molecule has 0 spiro atoms. The molecule has 0 unspecified atom stereocenters. The minimum absolute atomic E-state index is 0.655. The lowest BCUT2D eigenvalue weighted by Crippen LogP contribution is -2.41. The van der Waals surface area contributed by atoms with Crippen molar-refractivity contribution in [3.8, 4) is 0 Å². The molecule has 0 aliphatic heterocycles. The fourth-order valence-corrected chi connectivity index (χ4v) is 3.39. The van der Waals surface area contributed by atoms with Crippen molar-refractivity contribution in [2.24, 2.45) is 0 Å². The maximum absolute atomic E-state index is 4.47. The second-order valence-corrected chi connectivity index (χ2v) is 5.59. The van der Waals surface area contributed by atoms with Crippen LogP contribution in [0.2, 0.25) is 0 Å². The molecule has 0 bridgehead atoms. The first-order chi connectivity index (χ1) is 9.33. The fraction of sp³-hybridized carbons (Fsp3) is 0.562. The lowest BCUT2D eigenvalue weighted by Gasteiger charge is -2.33. The molecule has 3 rings (SSSR count). The van der Waals surface area contributed by atoms with Gasteiger partial charge in [-0.15, -0.1) is 0 Å². The van der Waals surface area contributed by atoms with Gasteiger partial charge in [-0.2, -0.15) is 5.10 Å². The molecule has 1 atom stereocenters. The zero-order valence-corrected chi connectivity index (χ0v) is 12.0. The number of hydrogen-bond acceptors (Lipinski definition) is 2. The van der Waals surface area contributed by atoms with Gasteiger partial charge in [-0.05, 0) is 56.0 Å². The average Bonchev–Trinajstić information content (AvgIpc) is 2.84. The minimum atomic E-state index is 0.655. The highest BCUT2D eigenvalue weighted by molar-refractivity contribution is 5.62. The molecule has 102 valence electrons. The smallest absolute Gasteiger partial charge is 0.0726 e. The Bertz CT molecular complexity index is 552. The number of rotatable bonds is 5. The van der Waals surface area contributed by atoms with E-state index in [1.807, 2.05) is 4.52 Å². The highest BCUT2D eigenvalue weighted by Crippen LogP contribution is 2.27. The Morgan fingerprint density at radius 3 is 2.68 bits per heavy atom. The third-order valence-electron chi connectivity index (χ3n) is 4.15. The van der Waals surface area contributed by atoms with Gasteiger partial charge in [0.2, 0.25) is 0 Å². The fourth-order valence-electron chi connectivity index (χ4n) is 3.39. The molecule has 1 aliphatic carbocycles. The molecule has 0 amide bonds. The summed E-state index contributed by atoms with van der Waals surface area (Å²) in [6.45, 7) is 6.98. The molecular formula is C16H23N3. The van der Waals surface area contributed by atoms with E-state index in [9.17, 15) is 0 Å². The van der Waals surface area contributed by atoms with E-state index in [1.165, 1.54) is 49.0 Å². The predicted octanol–water partition coefficient (Wildman–Crippen LogP) is 2.92. The lowest BCUT2D eigenvalue weighted by atomic mass is 9.91. The SMILES string of the molecule is CCCN(CCC)[C@H]1Cc2cccn3ncc(c23)C1. The van der Waals surface area contributed by atoms with Crippen molar-refractivity contribution < 1.29 is 0 Å². The Morgan fingerprint density at radius 2 is 1.95 bits per heavy atom. The predicted molar refractivity (Wildman–Crippen MR) is 78.5 cm³/mol. The number of aromatic nitrogens is 2. The molecule has 0 fully saturated rings. The first-order valence-corrected chi connectivity index (χ1v) is 7.51. The topological polar surface area (TPSA) is 20.5 Å². The maximum Gasteiger partial charge on any atom is 0.0726 e. The lowest BCUT2D eigenvalue weighted by molar-refractivity contribution is 0.191. The van der Waals surface area contributed by atoms with Gasteiger partial charge in [0.05, 0.1) is 11.7 Å². The molecule has 19 heavy (non-hydrogen) atoms. The summed E-state index contributed by atoms with van der Waals surface area (Å²) >= 11 is 0. The molecule has 2 aromatic heterocycles. The van der Waals surface area contributed by atoms with Crippen LogP contribution in [0.25, 0.3) is 5.52 Å². The Kier molecular flexibility index (Phi) is 3.56. The van der Waals surface area contributed by atoms with Crippen molar-refractivity contribution in [1.29, 1.82) is 0 Å². The molecule has 1 aliphatic rings. The summed E-state index contributed by atoms with van der Waals surface area (Å²) in [5.41, 5.74) is 4.24. The molecule has 0 aromatic carbocycles. The zero-order valence-electron chi connectivity index (χ0n) is 12.0. The molecule has 0 radical (unpaired) electrons. The van der Waals surface area contributed by atoms with E-state index >= 15 is 0 Å². The quantitative estimate of drug-likeness (QED) is 0.821. The molecule has 0 saturated carbocycles. The van der Waals surface area contributed by atoms with Crippen molar-refractivity contribution in [2.45, 2.75) is 45.6 Å². The van der Waals surface area contributed by atoms with Gasteiger partial charge in [0.25, 0.3) is 0 Å². The first kappa shape index (κ1) is 12.7. The molecule has 2 heterocycles. The normalized spacial score (nSPS) is 18.4. The summed E-state index contributed by atoms with van der Waals surface area (Å²) in [5.74, 6) is 0. The van der Waals surface area contributed by atoms with E-state index < -0.39 is 0 Å². The molecular weight excluding hydrogens is 234 g/mol. The molecule has 0 N–H and O–H groups in total. The summed E-state index contributed by atoms with van der Waals surface area (Å²) in [6.07, 6.45) is 8.91. The highest BCUT2D eigenvalue weighted by atomic mass is 15.2. The van der Waals surface area contributed by atoms with Crippen LogP contribution in [0.4, 0.5) is 0 Å². The van der Waals surface area contributed by atoms with E-state index in [0.717, 1.165) is 6.42 Å². The van der Waals surface area contributed by atoms with Crippen LogP contribution in [0.15, 0.2) is 24.5 Å². The summed E-state index contributed by atoms with van der Waals surface area (Å²) in [6, 6.07) is 5.04. The molecule has 0 saturated heterocycles. The average molecular weight is 257 g/mol. The van der Waals surface area contributed by atoms with Crippen molar-refractivity contribution in [3.63, 3.8) is 0 Å². The van der Waals surface area contributed by atoms with Crippen LogP contribution in [0, 0.1) is 0 Å². The monoisotopic (exact) mass is 257 g/mol. The molecule has 2 aromatic rings. The Hall–Kier alpha value is -1.35. The second-order valence-electron chi connectivity index (χ2n) is 5.59. The zero-order chi connectivity index (χ0) is 13.2. The largest absolute Gasteiger partial charge is 0.300 e. The van der Waals surface area contributed by atoms with E-state index in [0.29, 0.717) is 6.04 Å². The van der Waals surface area contributed by atoms with Gasteiger partial charge in [-0.3, -0.25) is 4.90 Å². The standard InChI is InChI=1S/C16H23N3/c1-3-7-18(8-4-2)15-10-13-6-5-9-19-16(13)14(11-15)12-17-19/h5-6,9,12,15H,3-4,7-8,10-11H2,1-2H3/t15-/m0/s1. The van der Waals surface area contributed by atoms with Gasteiger partial charge in [0, 0.05) is 12.2 Å². The van der Waals surface area contributed by atoms with E-state index in [-0.39, 0.29) is 0 Å². The summed E-state index contributed by atoms with van der Waals surface area (Å²) in [7, 11) is 0. The Balaban J connectivity index is 1.89. The summed E-state index contributed by atoms with van der Waals surface area (Å²) in [5, 5.41) is 4.47. The van der Waals surface area contributed by atoms with E-state index in [2.05, 4.69) is 48.4 Å². The first-order valence-electron chi connectivity index (χ1n) is 7.51. The van der Waals surface area contributed by atoms with Crippen molar-refractivity contribution in [3.05, 3.63) is 35.7 Å². The van der Waals surface area contributed by atoms with Crippen molar-refractivity contribution >= 4 is 5.52 Å². The van der Waals surface area contributed by atoms with Crippen molar-refractivity contribution in [2.75, 3.05) is 13.1 Å². The Morgan fingerprint density at radius 1 is 1.21 bits per heavy atom. The van der Waals surface area contributed by atoms with E-state index in [4.69, 9.17) is 0 Å². The molecule has 3 heteroatoms. The van der Waals surface area contributed by atoms with Crippen LogP contribution in [0.3, 0.4) is 0 Å². The van der Waals surface area contributed by atoms with Gasteiger partial charge < -0.3 is 0 Å².